The smallest absolute Gasteiger partial charge is 0.253 e. The maximum Gasteiger partial charge on any atom is 0.253 e. The SMILES string of the molecule is N/C(=C\C=C(/N)OCCC1CCCCC1)c1ccc(Cc2nc(-c3ccc(Cl)cc3Cl)cn2-c2ccc(N3CC(=O)NS3=O)cc2)cc1. The van der Waals surface area contributed by atoms with Crippen LogP contribution in [0.4, 0.5) is 5.69 Å². The number of benzene rings is 3. The summed E-state index contributed by atoms with van der Waals surface area (Å²) in [5.41, 5.74) is 17.9. The van der Waals surface area contributed by atoms with Gasteiger partial charge in [-0.15, -0.1) is 0 Å². The van der Waals surface area contributed by atoms with Gasteiger partial charge in [0.1, 0.15) is 12.4 Å². The number of carbonyl (C=O) groups is 1. The van der Waals surface area contributed by atoms with E-state index in [2.05, 4.69) is 4.72 Å². The molecular formula is C36H38Cl2N6O3S. The van der Waals surface area contributed by atoms with Crippen molar-refractivity contribution < 1.29 is 13.7 Å². The van der Waals surface area contributed by atoms with Crippen molar-refractivity contribution in [3.63, 3.8) is 0 Å². The third-order valence-corrected chi connectivity index (χ3v) is 10.4. The number of anilines is 1. The van der Waals surface area contributed by atoms with Crippen molar-refractivity contribution in [1.29, 1.82) is 0 Å². The number of aromatic nitrogens is 2. The molecule has 0 bridgehead atoms. The van der Waals surface area contributed by atoms with E-state index in [1.165, 1.54) is 36.4 Å². The summed E-state index contributed by atoms with van der Waals surface area (Å²) in [6.07, 6.45) is 13.5. The molecule has 9 nitrogen and oxygen atoms in total. The first-order valence-electron chi connectivity index (χ1n) is 16.0. The Morgan fingerprint density at radius 3 is 2.40 bits per heavy atom. The van der Waals surface area contributed by atoms with Crippen molar-refractivity contribution in [1.82, 2.24) is 14.3 Å². The molecule has 1 amide bonds. The molecule has 250 valence electrons. The van der Waals surface area contributed by atoms with Crippen LogP contribution < -0.4 is 20.5 Å². The molecule has 12 heteroatoms. The summed E-state index contributed by atoms with van der Waals surface area (Å²) < 4.78 is 23.9. The highest BCUT2D eigenvalue weighted by molar-refractivity contribution is 7.85. The fourth-order valence-corrected chi connectivity index (χ4v) is 7.49. The summed E-state index contributed by atoms with van der Waals surface area (Å²) >= 11 is 11.1. The van der Waals surface area contributed by atoms with Crippen LogP contribution in [0.5, 0.6) is 0 Å². The van der Waals surface area contributed by atoms with E-state index in [4.69, 9.17) is 44.4 Å². The Morgan fingerprint density at radius 1 is 0.979 bits per heavy atom. The number of nitrogens with zero attached hydrogens (tertiary/aromatic N) is 3. The van der Waals surface area contributed by atoms with Crippen molar-refractivity contribution in [3.05, 3.63) is 118 Å². The van der Waals surface area contributed by atoms with Gasteiger partial charge in [0.2, 0.25) is 11.2 Å². The lowest BCUT2D eigenvalue weighted by molar-refractivity contribution is -0.117. The molecule has 2 aliphatic rings. The minimum atomic E-state index is -1.60. The predicted octanol–water partition coefficient (Wildman–Crippen LogP) is 7.04. The van der Waals surface area contributed by atoms with E-state index in [9.17, 15) is 9.00 Å². The number of rotatable bonds is 11. The molecule has 2 fully saturated rings. The van der Waals surface area contributed by atoms with Crippen molar-refractivity contribution in [3.8, 4) is 16.9 Å². The van der Waals surface area contributed by atoms with Crippen LogP contribution in [-0.2, 0) is 27.1 Å². The molecule has 5 N–H and O–H groups in total. The molecule has 1 unspecified atom stereocenters. The van der Waals surface area contributed by atoms with Gasteiger partial charge in [0.05, 0.1) is 23.0 Å². The van der Waals surface area contributed by atoms with E-state index in [1.54, 1.807) is 24.3 Å². The Hall–Kier alpha value is -4.25. The van der Waals surface area contributed by atoms with Crippen LogP contribution in [0.15, 0.2) is 91.0 Å². The minimum Gasteiger partial charge on any atom is -0.479 e. The first-order valence-corrected chi connectivity index (χ1v) is 17.9. The Balaban J connectivity index is 1.18. The van der Waals surface area contributed by atoms with Gasteiger partial charge in [-0.05, 0) is 78.1 Å². The van der Waals surface area contributed by atoms with Crippen molar-refractivity contribution in [2.24, 2.45) is 17.4 Å². The molecule has 4 aromatic rings. The highest BCUT2D eigenvalue weighted by atomic mass is 35.5. The minimum absolute atomic E-state index is 0.0367. The zero-order chi connectivity index (χ0) is 33.6. The number of nitrogens with two attached hydrogens (primary N) is 2. The first kappa shape index (κ1) is 33.6. The molecule has 2 heterocycles. The zero-order valence-electron chi connectivity index (χ0n) is 26.4. The molecule has 1 aromatic heterocycles. The molecule has 48 heavy (non-hydrogen) atoms. The number of ether oxygens (including phenoxy) is 1. The third kappa shape index (κ3) is 8.24. The van der Waals surface area contributed by atoms with E-state index in [1.807, 2.05) is 65.4 Å². The number of hydrogen-bond donors (Lipinski definition) is 3. The van der Waals surface area contributed by atoms with Crippen molar-refractivity contribution >= 4 is 51.7 Å². The maximum absolute atomic E-state index is 12.3. The van der Waals surface area contributed by atoms with Gasteiger partial charge in [0.25, 0.3) is 5.91 Å². The zero-order valence-corrected chi connectivity index (χ0v) is 28.7. The van der Waals surface area contributed by atoms with Gasteiger partial charge >= 0.3 is 0 Å². The number of carbonyl (C=O) groups excluding carboxylic acids is 1. The highest BCUT2D eigenvalue weighted by Crippen LogP contribution is 2.32. The van der Waals surface area contributed by atoms with Crippen LogP contribution in [0.2, 0.25) is 10.0 Å². The molecule has 1 aliphatic heterocycles. The fourth-order valence-electron chi connectivity index (χ4n) is 6.07. The molecule has 3 aromatic carbocycles. The van der Waals surface area contributed by atoms with E-state index in [0.29, 0.717) is 46.0 Å². The Morgan fingerprint density at radius 2 is 1.71 bits per heavy atom. The fraction of sp³-hybridized carbons (Fsp3) is 0.278. The number of nitrogens with one attached hydrogen (secondary N) is 1. The Bertz CT molecular complexity index is 1850. The molecular weight excluding hydrogens is 667 g/mol. The van der Waals surface area contributed by atoms with Gasteiger partial charge in [-0.1, -0.05) is 79.6 Å². The number of halogens is 2. The number of amides is 1. The summed E-state index contributed by atoms with van der Waals surface area (Å²) in [5.74, 6) is 1.60. The number of imidazole rings is 1. The normalized spacial score (nSPS) is 17.5. The standard InChI is InChI=1S/C36H38Cl2N6O3S/c37-27-10-15-30(31(38)21-27)33-22-43(28-11-13-29(14-12-28)44-23-36(45)42-48(44)46)35(41-33)20-25-6-8-26(9-7-25)32(39)16-17-34(40)47-19-18-24-4-2-1-3-5-24/h6-17,21-22,24H,1-5,18-20,23,39-40H2,(H,42,45)/b32-16-,34-17+. The van der Waals surface area contributed by atoms with E-state index in [-0.39, 0.29) is 12.5 Å². The average Bonchev–Trinajstić information content (AvgIpc) is 3.66. The topological polar surface area (TPSA) is 128 Å². The molecule has 1 saturated carbocycles. The Labute approximate surface area is 293 Å². The van der Waals surface area contributed by atoms with E-state index in [0.717, 1.165) is 40.5 Å². The van der Waals surface area contributed by atoms with E-state index >= 15 is 0 Å². The van der Waals surface area contributed by atoms with Crippen LogP contribution in [-0.4, -0.2) is 32.8 Å². The quantitative estimate of drug-likeness (QED) is 0.114. The summed E-state index contributed by atoms with van der Waals surface area (Å²) in [7, 11) is 0. The van der Waals surface area contributed by atoms with Crippen molar-refractivity contribution in [2.75, 3.05) is 17.5 Å². The Kier molecular flexibility index (Phi) is 10.7. The summed E-state index contributed by atoms with van der Waals surface area (Å²) in [5, 5.41) is 1.04. The van der Waals surface area contributed by atoms with Crippen LogP contribution in [0.25, 0.3) is 22.6 Å². The molecule has 1 atom stereocenters. The average molecular weight is 706 g/mol. The van der Waals surface area contributed by atoms with Gasteiger partial charge in [-0.25, -0.2) is 9.19 Å². The van der Waals surface area contributed by atoms with Crippen LogP contribution >= 0.6 is 23.2 Å². The van der Waals surface area contributed by atoms with Gasteiger partial charge in [-0.2, -0.15) is 0 Å². The summed E-state index contributed by atoms with van der Waals surface area (Å²) in [6.45, 7) is 0.661. The second-order valence-corrected chi connectivity index (χ2v) is 14.1. The lowest BCUT2D eigenvalue weighted by Gasteiger charge is -2.21. The van der Waals surface area contributed by atoms with Crippen LogP contribution in [0.3, 0.4) is 0 Å². The second kappa shape index (κ2) is 15.3. The number of allylic oxidation sites excluding steroid dienone is 2. The van der Waals surface area contributed by atoms with E-state index < -0.39 is 11.2 Å². The van der Waals surface area contributed by atoms with Gasteiger partial charge in [-0.3, -0.25) is 13.8 Å². The highest BCUT2D eigenvalue weighted by Gasteiger charge is 2.27. The third-order valence-electron chi connectivity index (χ3n) is 8.69. The molecule has 0 radical (unpaired) electrons. The number of hydrogen-bond acceptors (Lipinski definition) is 6. The lowest BCUT2D eigenvalue weighted by Crippen LogP contribution is -2.22. The largest absolute Gasteiger partial charge is 0.479 e. The van der Waals surface area contributed by atoms with Gasteiger partial charge < -0.3 is 20.8 Å². The van der Waals surface area contributed by atoms with Crippen molar-refractivity contribution in [2.45, 2.75) is 44.9 Å². The first-order chi connectivity index (χ1) is 23.2. The molecule has 6 rings (SSSR count). The van der Waals surface area contributed by atoms with Gasteiger partial charge in [0.15, 0.2) is 5.88 Å². The van der Waals surface area contributed by atoms with Gasteiger partial charge in [0, 0.05) is 34.6 Å². The van der Waals surface area contributed by atoms with Crippen LogP contribution in [0.1, 0.15) is 55.5 Å². The lowest BCUT2D eigenvalue weighted by atomic mass is 9.87. The molecule has 0 spiro atoms. The molecule has 1 saturated heterocycles. The van der Waals surface area contributed by atoms with Crippen LogP contribution in [0, 0.1) is 5.92 Å². The summed E-state index contributed by atoms with van der Waals surface area (Å²) in [6, 6.07) is 20.8. The second-order valence-electron chi connectivity index (χ2n) is 12.1. The predicted molar refractivity (Wildman–Crippen MR) is 193 cm³/mol. The maximum atomic E-state index is 12.3. The molecule has 1 aliphatic carbocycles. The monoisotopic (exact) mass is 704 g/mol. The summed E-state index contributed by atoms with van der Waals surface area (Å²) in [4.78, 5) is 16.7.